The van der Waals surface area contributed by atoms with Crippen molar-refractivity contribution in [2.75, 3.05) is 14.2 Å². The summed E-state index contributed by atoms with van der Waals surface area (Å²) in [7, 11) is 2.99. The van der Waals surface area contributed by atoms with E-state index in [-0.39, 0.29) is 29.0 Å². The lowest BCUT2D eigenvalue weighted by Gasteiger charge is -2.14. The van der Waals surface area contributed by atoms with Crippen LogP contribution in [-0.4, -0.2) is 29.4 Å². The molecule has 4 aromatic rings. The minimum atomic E-state index is -0.602. The molecule has 0 atom stereocenters. The lowest BCUT2D eigenvalue weighted by Crippen LogP contribution is -2.14. The van der Waals surface area contributed by atoms with Crippen LogP contribution in [0.25, 0.3) is 22.3 Å². The number of hydrogen-bond acceptors (Lipinski definition) is 8. The van der Waals surface area contributed by atoms with Gasteiger partial charge in [-0.2, -0.15) is 0 Å². The van der Waals surface area contributed by atoms with E-state index in [2.05, 4.69) is 10.3 Å². The van der Waals surface area contributed by atoms with Crippen molar-refractivity contribution in [2.24, 2.45) is 0 Å². The van der Waals surface area contributed by atoms with Crippen LogP contribution >= 0.6 is 0 Å². The number of pyridine rings is 1. The molecule has 0 saturated carbocycles. The molecular weight excluding hydrogens is 412 g/mol. The number of fused-ring (bicyclic) bond motifs is 1. The fourth-order valence-corrected chi connectivity index (χ4v) is 3.47. The van der Waals surface area contributed by atoms with Crippen LogP contribution in [0.3, 0.4) is 0 Å². The smallest absolute Gasteiger partial charge is 0.235 e. The van der Waals surface area contributed by atoms with Crippen LogP contribution in [0.2, 0.25) is 0 Å². The van der Waals surface area contributed by atoms with E-state index in [9.17, 15) is 15.0 Å². The summed E-state index contributed by atoms with van der Waals surface area (Å²) in [6, 6.07) is 11.5. The second-order valence-electron chi connectivity index (χ2n) is 7.07. The predicted molar refractivity (Wildman–Crippen MR) is 119 cm³/mol. The first-order valence-electron chi connectivity index (χ1n) is 9.86. The maximum absolute atomic E-state index is 12.9. The van der Waals surface area contributed by atoms with Crippen LogP contribution in [0.4, 0.5) is 0 Å². The van der Waals surface area contributed by atoms with E-state index < -0.39 is 11.2 Å². The molecule has 0 unspecified atom stereocenters. The molecule has 0 aliphatic rings. The Labute approximate surface area is 183 Å². The molecule has 2 aromatic heterocycles. The molecule has 0 aliphatic carbocycles. The minimum absolute atomic E-state index is 0.0267. The Morgan fingerprint density at radius 3 is 2.50 bits per heavy atom. The van der Waals surface area contributed by atoms with Crippen molar-refractivity contribution < 1.29 is 24.1 Å². The SMILES string of the molecule is COc1ccc(-c2oc3c(CNCc4ccncc4)c(O)ccc3c(=O)c2O)c(OC)c1. The Hall–Kier alpha value is -4.04. The predicted octanol–water partition coefficient (Wildman–Crippen LogP) is 3.57. The van der Waals surface area contributed by atoms with E-state index in [1.54, 1.807) is 30.6 Å². The highest BCUT2D eigenvalue weighted by Gasteiger charge is 2.21. The lowest BCUT2D eigenvalue weighted by molar-refractivity contribution is 0.393. The highest BCUT2D eigenvalue weighted by Crippen LogP contribution is 2.39. The molecule has 2 aromatic carbocycles. The van der Waals surface area contributed by atoms with Gasteiger partial charge in [0.25, 0.3) is 0 Å². The number of nitrogens with one attached hydrogen (secondary N) is 1. The van der Waals surface area contributed by atoms with Gasteiger partial charge in [-0.1, -0.05) is 0 Å². The Balaban J connectivity index is 1.80. The van der Waals surface area contributed by atoms with Crippen molar-refractivity contribution in [3.8, 4) is 34.3 Å². The van der Waals surface area contributed by atoms with Gasteiger partial charge in [-0.05, 0) is 42.0 Å². The van der Waals surface area contributed by atoms with Crippen molar-refractivity contribution in [1.82, 2.24) is 10.3 Å². The molecule has 4 rings (SSSR count). The van der Waals surface area contributed by atoms with E-state index in [1.807, 2.05) is 12.1 Å². The Morgan fingerprint density at radius 1 is 1.00 bits per heavy atom. The molecule has 8 nitrogen and oxygen atoms in total. The standard InChI is InChI=1S/C24H22N2O6/c1-30-15-3-4-16(20(11-15)31-2)24-22(29)21(28)17-5-6-19(27)18(23(17)32-24)13-26-12-14-7-9-25-10-8-14/h3-11,26-27,29H,12-13H2,1-2H3. The van der Waals surface area contributed by atoms with E-state index >= 15 is 0 Å². The molecule has 0 amide bonds. The van der Waals surface area contributed by atoms with Gasteiger partial charge < -0.3 is 29.4 Å². The summed E-state index contributed by atoms with van der Waals surface area (Å²) < 4.78 is 16.6. The van der Waals surface area contributed by atoms with Crippen molar-refractivity contribution >= 4 is 11.0 Å². The first kappa shape index (κ1) is 21.2. The average molecular weight is 434 g/mol. The number of phenols is 1. The molecule has 32 heavy (non-hydrogen) atoms. The van der Waals surface area contributed by atoms with Gasteiger partial charge in [0.1, 0.15) is 22.8 Å². The molecule has 0 bridgehead atoms. The van der Waals surface area contributed by atoms with E-state index in [1.165, 1.54) is 26.4 Å². The highest BCUT2D eigenvalue weighted by molar-refractivity contribution is 5.86. The summed E-state index contributed by atoms with van der Waals surface area (Å²) in [6.07, 6.45) is 3.39. The maximum atomic E-state index is 12.9. The highest BCUT2D eigenvalue weighted by atomic mass is 16.5. The number of ether oxygens (including phenoxy) is 2. The lowest BCUT2D eigenvalue weighted by atomic mass is 10.1. The zero-order chi connectivity index (χ0) is 22.7. The molecule has 0 radical (unpaired) electrons. The monoisotopic (exact) mass is 434 g/mol. The molecule has 0 fully saturated rings. The van der Waals surface area contributed by atoms with Crippen LogP contribution in [0, 0.1) is 0 Å². The van der Waals surface area contributed by atoms with Crippen LogP contribution in [0.1, 0.15) is 11.1 Å². The van der Waals surface area contributed by atoms with Gasteiger partial charge in [0.2, 0.25) is 11.2 Å². The molecule has 0 spiro atoms. The summed E-state index contributed by atoms with van der Waals surface area (Å²) >= 11 is 0. The zero-order valence-electron chi connectivity index (χ0n) is 17.6. The number of aromatic nitrogens is 1. The van der Waals surface area contributed by atoms with Gasteiger partial charge in [-0.3, -0.25) is 9.78 Å². The van der Waals surface area contributed by atoms with Crippen LogP contribution in [0.15, 0.2) is 64.1 Å². The Bertz CT molecular complexity index is 1320. The number of aromatic hydroxyl groups is 2. The third-order valence-electron chi connectivity index (χ3n) is 5.15. The summed E-state index contributed by atoms with van der Waals surface area (Å²) in [6.45, 7) is 0.762. The quantitative estimate of drug-likeness (QED) is 0.405. The number of benzene rings is 2. The number of nitrogens with zero attached hydrogens (tertiary/aromatic N) is 1. The fraction of sp³-hybridized carbons (Fsp3) is 0.167. The van der Waals surface area contributed by atoms with Crippen molar-refractivity contribution in [2.45, 2.75) is 13.1 Å². The van der Waals surface area contributed by atoms with Crippen molar-refractivity contribution in [3.05, 3.63) is 76.2 Å². The number of hydrogen-bond donors (Lipinski definition) is 3. The van der Waals surface area contributed by atoms with E-state index in [0.717, 1.165) is 5.56 Å². The minimum Gasteiger partial charge on any atom is -0.507 e. The normalized spacial score (nSPS) is 10.9. The van der Waals surface area contributed by atoms with Gasteiger partial charge >= 0.3 is 0 Å². The summed E-state index contributed by atoms with van der Waals surface area (Å²) in [5.74, 6) is 0.290. The van der Waals surface area contributed by atoms with Crippen LogP contribution in [0.5, 0.6) is 23.0 Å². The molecule has 3 N–H and O–H groups in total. The zero-order valence-corrected chi connectivity index (χ0v) is 17.6. The van der Waals surface area contributed by atoms with Crippen LogP contribution in [-0.2, 0) is 13.1 Å². The Kier molecular flexibility index (Phi) is 5.96. The second kappa shape index (κ2) is 8.99. The third-order valence-corrected chi connectivity index (χ3v) is 5.15. The molecule has 164 valence electrons. The number of methoxy groups -OCH3 is 2. The summed E-state index contributed by atoms with van der Waals surface area (Å²) in [4.78, 5) is 16.9. The average Bonchev–Trinajstić information content (AvgIpc) is 2.83. The summed E-state index contributed by atoms with van der Waals surface area (Å²) in [5, 5.41) is 24.5. The maximum Gasteiger partial charge on any atom is 0.235 e. The van der Waals surface area contributed by atoms with Gasteiger partial charge in [0.05, 0.1) is 30.7 Å². The fourth-order valence-electron chi connectivity index (χ4n) is 3.47. The van der Waals surface area contributed by atoms with E-state index in [4.69, 9.17) is 13.9 Å². The molecule has 8 heteroatoms. The largest absolute Gasteiger partial charge is 0.507 e. The topological polar surface area (TPSA) is 114 Å². The summed E-state index contributed by atoms with van der Waals surface area (Å²) in [5.41, 5.74) is 1.38. The van der Waals surface area contributed by atoms with Gasteiger partial charge in [-0.15, -0.1) is 0 Å². The second-order valence-corrected chi connectivity index (χ2v) is 7.07. The van der Waals surface area contributed by atoms with Gasteiger partial charge in [0.15, 0.2) is 5.76 Å². The first-order valence-corrected chi connectivity index (χ1v) is 9.86. The van der Waals surface area contributed by atoms with E-state index in [0.29, 0.717) is 29.2 Å². The van der Waals surface area contributed by atoms with Gasteiger partial charge in [0, 0.05) is 31.5 Å². The number of rotatable bonds is 7. The van der Waals surface area contributed by atoms with Crippen molar-refractivity contribution in [1.29, 1.82) is 0 Å². The molecule has 0 aliphatic heterocycles. The molecular formula is C24H22N2O6. The Morgan fingerprint density at radius 2 is 1.78 bits per heavy atom. The van der Waals surface area contributed by atoms with Crippen molar-refractivity contribution in [3.63, 3.8) is 0 Å². The van der Waals surface area contributed by atoms with Crippen LogP contribution < -0.4 is 20.2 Å². The number of phenolic OH excluding ortho intramolecular Hbond substituents is 1. The first-order chi connectivity index (χ1) is 15.5. The molecule has 0 saturated heterocycles. The molecule has 2 heterocycles. The van der Waals surface area contributed by atoms with Gasteiger partial charge in [-0.25, -0.2) is 0 Å². The third kappa shape index (κ3) is 3.95.